The molecule has 2 amide bonds. The van der Waals surface area contributed by atoms with Crippen molar-refractivity contribution in [3.05, 3.63) is 29.3 Å². The molecule has 0 spiro atoms. The lowest BCUT2D eigenvalue weighted by Crippen LogP contribution is -2.48. The predicted octanol–water partition coefficient (Wildman–Crippen LogP) is 3.09. The van der Waals surface area contributed by atoms with E-state index < -0.39 is 17.6 Å². The van der Waals surface area contributed by atoms with Crippen LogP contribution in [0.2, 0.25) is 0 Å². The molecule has 1 aliphatic rings. The lowest BCUT2D eigenvalue weighted by atomic mass is 10.1. The van der Waals surface area contributed by atoms with Crippen molar-refractivity contribution in [1.29, 1.82) is 0 Å². The van der Waals surface area contributed by atoms with E-state index in [1.807, 2.05) is 6.92 Å². The maximum absolute atomic E-state index is 13.3. The minimum atomic E-state index is -4.55. The smallest absolute Gasteiger partial charge is 0.342 e. The standard InChI is InChI=1S/C16H20F3N3O2S/c1-2-9-25-20-14-4-3-12(10-13(14)16(17,18)19)15(24)22-7-5-21(11-23)6-8-22/h3-4,10-11,20H,2,5-9H2,1H3. The minimum Gasteiger partial charge on any atom is -0.342 e. The minimum absolute atomic E-state index is 0.00193. The first kappa shape index (κ1) is 19.4. The molecule has 25 heavy (non-hydrogen) atoms. The van der Waals surface area contributed by atoms with E-state index in [1.165, 1.54) is 33.9 Å². The summed E-state index contributed by atoms with van der Waals surface area (Å²) in [5.41, 5.74) is -0.903. The van der Waals surface area contributed by atoms with Crippen LogP contribution in [0.25, 0.3) is 0 Å². The molecule has 9 heteroatoms. The first-order valence-electron chi connectivity index (χ1n) is 7.94. The second kappa shape index (κ2) is 8.46. The van der Waals surface area contributed by atoms with Crippen LogP contribution in [0.1, 0.15) is 29.3 Å². The van der Waals surface area contributed by atoms with Crippen molar-refractivity contribution in [2.75, 3.05) is 36.7 Å². The third-order valence-electron chi connectivity index (χ3n) is 3.81. The number of carbonyl (C=O) groups is 2. The number of anilines is 1. The summed E-state index contributed by atoms with van der Waals surface area (Å²) in [6.45, 7) is 3.32. The summed E-state index contributed by atoms with van der Waals surface area (Å²) < 4.78 is 42.7. The van der Waals surface area contributed by atoms with Gasteiger partial charge in [0.15, 0.2) is 0 Å². The highest BCUT2D eigenvalue weighted by Crippen LogP contribution is 2.36. The molecule has 1 heterocycles. The van der Waals surface area contributed by atoms with Gasteiger partial charge in [-0.1, -0.05) is 18.9 Å². The molecular weight excluding hydrogens is 355 g/mol. The largest absolute Gasteiger partial charge is 0.418 e. The Bertz CT molecular complexity index is 617. The molecule has 1 aromatic carbocycles. The molecule has 1 aromatic rings. The maximum Gasteiger partial charge on any atom is 0.418 e. The van der Waals surface area contributed by atoms with Crippen molar-refractivity contribution in [1.82, 2.24) is 9.80 Å². The monoisotopic (exact) mass is 375 g/mol. The number of rotatable bonds is 6. The van der Waals surface area contributed by atoms with E-state index in [4.69, 9.17) is 0 Å². The fraction of sp³-hybridized carbons (Fsp3) is 0.500. The number of hydrogen-bond acceptors (Lipinski definition) is 4. The average Bonchev–Trinajstić information content (AvgIpc) is 2.61. The molecule has 1 aliphatic heterocycles. The number of piperazine rings is 1. The van der Waals surface area contributed by atoms with Crippen LogP contribution in [0.4, 0.5) is 18.9 Å². The van der Waals surface area contributed by atoms with E-state index in [0.717, 1.165) is 12.5 Å². The predicted molar refractivity (Wildman–Crippen MR) is 91.4 cm³/mol. The Morgan fingerprint density at radius 3 is 2.52 bits per heavy atom. The van der Waals surface area contributed by atoms with E-state index in [2.05, 4.69) is 4.72 Å². The van der Waals surface area contributed by atoms with Gasteiger partial charge in [0.25, 0.3) is 5.91 Å². The highest BCUT2D eigenvalue weighted by atomic mass is 32.2. The molecule has 0 atom stereocenters. The SMILES string of the molecule is CCCSNc1ccc(C(=O)N2CCN(C=O)CC2)cc1C(F)(F)F. The van der Waals surface area contributed by atoms with Crippen molar-refractivity contribution in [3.8, 4) is 0 Å². The van der Waals surface area contributed by atoms with Crippen molar-refractivity contribution in [2.24, 2.45) is 0 Å². The van der Waals surface area contributed by atoms with Crippen LogP contribution in [0, 0.1) is 0 Å². The molecule has 0 radical (unpaired) electrons. The van der Waals surface area contributed by atoms with E-state index >= 15 is 0 Å². The van der Waals surface area contributed by atoms with Gasteiger partial charge in [0.2, 0.25) is 6.41 Å². The van der Waals surface area contributed by atoms with E-state index in [1.54, 1.807) is 0 Å². The van der Waals surface area contributed by atoms with Crippen LogP contribution in [-0.4, -0.2) is 54.0 Å². The number of nitrogens with zero attached hydrogens (tertiary/aromatic N) is 2. The van der Waals surface area contributed by atoms with Gasteiger partial charge in [-0.15, -0.1) is 0 Å². The van der Waals surface area contributed by atoms with Gasteiger partial charge >= 0.3 is 6.18 Å². The molecule has 2 rings (SSSR count). The molecule has 0 aliphatic carbocycles. The third kappa shape index (κ3) is 5.04. The van der Waals surface area contributed by atoms with Gasteiger partial charge in [0.05, 0.1) is 11.3 Å². The number of halogens is 3. The van der Waals surface area contributed by atoms with Crippen LogP contribution in [0.5, 0.6) is 0 Å². The Labute approximate surface area is 148 Å². The summed E-state index contributed by atoms with van der Waals surface area (Å²) in [4.78, 5) is 26.2. The summed E-state index contributed by atoms with van der Waals surface area (Å²) in [5.74, 6) is 0.225. The van der Waals surface area contributed by atoms with E-state index in [9.17, 15) is 22.8 Å². The molecule has 0 unspecified atom stereocenters. The summed E-state index contributed by atoms with van der Waals surface area (Å²) >= 11 is 1.20. The lowest BCUT2D eigenvalue weighted by Gasteiger charge is -2.32. The van der Waals surface area contributed by atoms with Crippen LogP contribution >= 0.6 is 11.9 Å². The van der Waals surface area contributed by atoms with Gasteiger partial charge in [-0.3, -0.25) is 9.59 Å². The summed E-state index contributed by atoms with van der Waals surface area (Å²) in [6.07, 6.45) is -3.01. The topological polar surface area (TPSA) is 52.7 Å². The molecule has 0 bridgehead atoms. The van der Waals surface area contributed by atoms with Gasteiger partial charge in [-0.05, 0) is 24.6 Å². The summed E-state index contributed by atoms with van der Waals surface area (Å²) in [7, 11) is 0. The molecule has 5 nitrogen and oxygen atoms in total. The van der Waals surface area contributed by atoms with Gasteiger partial charge < -0.3 is 14.5 Å². The zero-order valence-corrected chi connectivity index (χ0v) is 14.6. The first-order chi connectivity index (χ1) is 11.9. The fourth-order valence-electron chi connectivity index (χ4n) is 2.44. The second-order valence-corrected chi connectivity index (χ2v) is 6.54. The van der Waals surface area contributed by atoms with Gasteiger partial charge in [-0.25, -0.2) is 0 Å². The molecule has 138 valence electrons. The Morgan fingerprint density at radius 2 is 1.96 bits per heavy atom. The lowest BCUT2D eigenvalue weighted by molar-refractivity contribution is -0.137. The van der Waals surface area contributed by atoms with E-state index in [0.29, 0.717) is 38.3 Å². The number of alkyl halides is 3. The highest BCUT2D eigenvalue weighted by Gasteiger charge is 2.35. The number of benzene rings is 1. The normalized spacial score (nSPS) is 15.2. The van der Waals surface area contributed by atoms with Crippen LogP contribution in [-0.2, 0) is 11.0 Å². The van der Waals surface area contributed by atoms with Gasteiger partial charge in [0.1, 0.15) is 0 Å². The van der Waals surface area contributed by atoms with Crippen LogP contribution < -0.4 is 4.72 Å². The van der Waals surface area contributed by atoms with E-state index in [-0.39, 0.29) is 11.3 Å². The average molecular weight is 375 g/mol. The number of carbonyl (C=O) groups excluding carboxylic acids is 2. The number of hydrogen-bond donors (Lipinski definition) is 1. The summed E-state index contributed by atoms with van der Waals surface area (Å²) in [5, 5.41) is 0. The molecule has 1 N–H and O–H groups in total. The molecule has 1 fully saturated rings. The highest BCUT2D eigenvalue weighted by molar-refractivity contribution is 8.00. The molecule has 1 saturated heterocycles. The number of nitrogens with one attached hydrogen (secondary N) is 1. The zero-order chi connectivity index (χ0) is 18.4. The quantitative estimate of drug-likeness (QED) is 0.472. The van der Waals surface area contributed by atoms with Crippen molar-refractivity contribution < 1.29 is 22.8 Å². The first-order valence-corrected chi connectivity index (χ1v) is 8.93. The number of amides is 2. The van der Waals surface area contributed by atoms with Crippen molar-refractivity contribution in [3.63, 3.8) is 0 Å². The molecule has 0 aromatic heterocycles. The molecular formula is C16H20F3N3O2S. The Balaban J connectivity index is 2.18. The van der Waals surface area contributed by atoms with Crippen LogP contribution in [0.3, 0.4) is 0 Å². The maximum atomic E-state index is 13.3. The Hall–Kier alpha value is -1.90. The van der Waals surface area contributed by atoms with Crippen molar-refractivity contribution in [2.45, 2.75) is 19.5 Å². The summed E-state index contributed by atoms with van der Waals surface area (Å²) in [6, 6.07) is 3.59. The van der Waals surface area contributed by atoms with Gasteiger partial charge in [0, 0.05) is 37.5 Å². The Kier molecular flexibility index (Phi) is 6.57. The van der Waals surface area contributed by atoms with Gasteiger partial charge in [-0.2, -0.15) is 13.2 Å². The van der Waals surface area contributed by atoms with Crippen molar-refractivity contribution >= 4 is 30.0 Å². The Morgan fingerprint density at radius 1 is 1.28 bits per heavy atom. The van der Waals surface area contributed by atoms with Crippen LogP contribution in [0.15, 0.2) is 18.2 Å². The third-order valence-corrected chi connectivity index (χ3v) is 4.79. The fourth-order valence-corrected chi connectivity index (χ4v) is 3.08. The zero-order valence-electron chi connectivity index (χ0n) is 13.8. The second-order valence-electron chi connectivity index (χ2n) is 5.64. The molecule has 0 saturated carbocycles.